The number of nitrogens with one attached hydrogen (secondary N) is 2. The maximum Gasteiger partial charge on any atom is 0.191 e. The molecule has 1 aromatic carbocycles. The van der Waals surface area contributed by atoms with Crippen LogP contribution in [0.2, 0.25) is 0 Å². The number of hydrogen-bond donors (Lipinski definition) is 2. The summed E-state index contributed by atoms with van der Waals surface area (Å²) >= 11 is 0. The third kappa shape index (κ3) is 5.95. The average Bonchev–Trinajstić information content (AvgIpc) is 3.21. The molecule has 2 saturated heterocycles. The summed E-state index contributed by atoms with van der Waals surface area (Å²) in [6.07, 6.45) is 6.59. The molecule has 5 heteroatoms. The molecule has 0 saturated carbocycles. The molecule has 0 aliphatic carbocycles. The fourth-order valence-corrected chi connectivity index (χ4v) is 4.52. The molecule has 2 aliphatic heterocycles. The highest BCUT2D eigenvalue weighted by Gasteiger charge is 2.29. The summed E-state index contributed by atoms with van der Waals surface area (Å²) < 4.78 is 6.01. The third-order valence-electron chi connectivity index (χ3n) is 6.08. The first kappa shape index (κ1) is 21.1. The van der Waals surface area contributed by atoms with E-state index in [9.17, 15) is 0 Å². The Balaban J connectivity index is 1.50. The van der Waals surface area contributed by atoms with Gasteiger partial charge >= 0.3 is 0 Å². The van der Waals surface area contributed by atoms with Gasteiger partial charge in [-0.25, -0.2) is 0 Å². The van der Waals surface area contributed by atoms with Crippen molar-refractivity contribution < 1.29 is 4.74 Å². The van der Waals surface area contributed by atoms with Gasteiger partial charge in [-0.15, -0.1) is 0 Å². The number of hydrogen-bond acceptors (Lipinski definition) is 3. The van der Waals surface area contributed by atoms with Crippen molar-refractivity contribution in [2.45, 2.75) is 58.1 Å². The summed E-state index contributed by atoms with van der Waals surface area (Å²) in [6, 6.07) is 11.3. The van der Waals surface area contributed by atoms with Crippen molar-refractivity contribution in [2.24, 2.45) is 10.9 Å². The molecule has 5 nitrogen and oxygen atoms in total. The number of rotatable bonds is 8. The average molecular weight is 387 g/mol. The zero-order chi connectivity index (χ0) is 19.6. The van der Waals surface area contributed by atoms with Crippen LogP contribution >= 0.6 is 0 Å². The fraction of sp³-hybridized carbons (Fsp3) is 0.696. The first-order valence-corrected chi connectivity index (χ1v) is 11.2. The maximum absolute atomic E-state index is 6.01. The lowest BCUT2D eigenvalue weighted by atomic mass is 9.95. The minimum Gasteiger partial charge on any atom is -0.373 e. The van der Waals surface area contributed by atoms with Crippen molar-refractivity contribution in [3.63, 3.8) is 0 Å². The zero-order valence-corrected chi connectivity index (χ0v) is 17.7. The van der Waals surface area contributed by atoms with E-state index in [4.69, 9.17) is 9.73 Å². The zero-order valence-electron chi connectivity index (χ0n) is 17.7. The molecule has 0 aromatic heterocycles. The summed E-state index contributed by atoms with van der Waals surface area (Å²) in [4.78, 5) is 7.54. The Kier molecular flexibility index (Phi) is 8.62. The Morgan fingerprint density at radius 3 is 2.79 bits per heavy atom. The Bertz CT molecular complexity index is 592. The number of nitrogens with zero attached hydrogens (tertiary/aromatic N) is 2. The highest BCUT2D eigenvalue weighted by atomic mass is 16.5. The van der Waals surface area contributed by atoms with Gasteiger partial charge in [0.1, 0.15) is 0 Å². The van der Waals surface area contributed by atoms with Crippen LogP contribution in [-0.4, -0.2) is 56.2 Å². The molecule has 2 fully saturated rings. The second-order valence-electron chi connectivity index (χ2n) is 7.99. The normalized spacial score (nSPS) is 26.4. The molecule has 2 heterocycles. The van der Waals surface area contributed by atoms with Crippen LogP contribution in [-0.2, 0) is 4.74 Å². The first-order chi connectivity index (χ1) is 13.8. The summed E-state index contributed by atoms with van der Waals surface area (Å²) in [6.45, 7) is 10.2. The standard InChI is InChI=1S/C23H38N4O/c1-3-21-12-8-9-15-27(21)16-14-25-23(24-4-2)26-18-20-13-17-28-22(20)19-10-6-5-7-11-19/h5-7,10-11,20-22H,3-4,8-9,12-18H2,1-2H3,(H2,24,25,26). The SMILES string of the molecule is CCNC(=NCC1CCOC1c1ccccc1)NCCN1CCCCC1CC. The lowest BCUT2D eigenvalue weighted by Crippen LogP contribution is -2.46. The summed E-state index contributed by atoms with van der Waals surface area (Å²) in [5.41, 5.74) is 1.27. The molecule has 1 aromatic rings. The van der Waals surface area contributed by atoms with Crippen molar-refractivity contribution in [3.8, 4) is 0 Å². The van der Waals surface area contributed by atoms with E-state index >= 15 is 0 Å². The van der Waals surface area contributed by atoms with Crippen LogP contribution in [0.1, 0.15) is 57.6 Å². The second kappa shape index (κ2) is 11.4. The maximum atomic E-state index is 6.01. The van der Waals surface area contributed by atoms with Crippen molar-refractivity contribution in [3.05, 3.63) is 35.9 Å². The number of benzene rings is 1. The molecular weight excluding hydrogens is 348 g/mol. The number of piperidine rings is 1. The number of aliphatic imine (C=N–C) groups is 1. The molecule has 3 atom stereocenters. The van der Waals surface area contributed by atoms with Crippen molar-refractivity contribution in [1.29, 1.82) is 0 Å². The van der Waals surface area contributed by atoms with Crippen LogP contribution in [0.4, 0.5) is 0 Å². The lowest BCUT2D eigenvalue weighted by Gasteiger charge is -2.35. The van der Waals surface area contributed by atoms with E-state index in [0.717, 1.165) is 51.2 Å². The van der Waals surface area contributed by atoms with E-state index in [1.807, 2.05) is 0 Å². The van der Waals surface area contributed by atoms with Gasteiger partial charge in [0.05, 0.1) is 6.10 Å². The van der Waals surface area contributed by atoms with Crippen LogP contribution < -0.4 is 10.6 Å². The van der Waals surface area contributed by atoms with Gasteiger partial charge in [-0.2, -0.15) is 0 Å². The quantitative estimate of drug-likeness (QED) is 0.530. The lowest BCUT2D eigenvalue weighted by molar-refractivity contribution is 0.0925. The van der Waals surface area contributed by atoms with Gasteiger partial charge in [0.25, 0.3) is 0 Å². The molecular formula is C23H38N4O. The van der Waals surface area contributed by atoms with Crippen molar-refractivity contribution >= 4 is 5.96 Å². The summed E-state index contributed by atoms with van der Waals surface area (Å²) in [5.74, 6) is 1.38. The van der Waals surface area contributed by atoms with E-state index < -0.39 is 0 Å². The van der Waals surface area contributed by atoms with E-state index in [2.05, 4.69) is 59.7 Å². The summed E-state index contributed by atoms with van der Waals surface area (Å²) in [5, 5.41) is 6.95. The van der Waals surface area contributed by atoms with E-state index in [1.54, 1.807) is 0 Å². The number of ether oxygens (including phenoxy) is 1. The van der Waals surface area contributed by atoms with Gasteiger partial charge in [0, 0.05) is 44.7 Å². The fourth-order valence-electron chi connectivity index (χ4n) is 4.52. The Labute approximate surface area is 170 Å². The largest absolute Gasteiger partial charge is 0.373 e. The molecule has 156 valence electrons. The molecule has 3 rings (SSSR count). The van der Waals surface area contributed by atoms with E-state index in [-0.39, 0.29) is 6.10 Å². The molecule has 2 aliphatic rings. The second-order valence-corrected chi connectivity index (χ2v) is 7.99. The van der Waals surface area contributed by atoms with Crippen LogP contribution in [0.25, 0.3) is 0 Å². The minimum absolute atomic E-state index is 0.173. The van der Waals surface area contributed by atoms with Crippen molar-refractivity contribution in [2.75, 3.05) is 39.3 Å². The van der Waals surface area contributed by atoms with Gasteiger partial charge in [-0.1, -0.05) is 43.7 Å². The predicted molar refractivity (Wildman–Crippen MR) is 117 cm³/mol. The van der Waals surface area contributed by atoms with Gasteiger partial charge in [0.2, 0.25) is 0 Å². The van der Waals surface area contributed by atoms with Gasteiger partial charge in [0.15, 0.2) is 5.96 Å². The van der Waals surface area contributed by atoms with E-state index in [1.165, 1.54) is 37.8 Å². The Morgan fingerprint density at radius 1 is 1.14 bits per heavy atom. The Morgan fingerprint density at radius 2 is 2.00 bits per heavy atom. The van der Waals surface area contributed by atoms with Crippen LogP contribution in [0, 0.1) is 5.92 Å². The molecule has 0 bridgehead atoms. The molecule has 3 unspecified atom stereocenters. The van der Waals surface area contributed by atoms with Gasteiger partial charge in [-0.05, 0) is 44.7 Å². The van der Waals surface area contributed by atoms with Crippen LogP contribution in [0.5, 0.6) is 0 Å². The smallest absolute Gasteiger partial charge is 0.191 e. The first-order valence-electron chi connectivity index (χ1n) is 11.2. The third-order valence-corrected chi connectivity index (χ3v) is 6.08. The minimum atomic E-state index is 0.173. The summed E-state index contributed by atoms with van der Waals surface area (Å²) in [7, 11) is 0. The number of guanidine groups is 1. The monoisotopic (exact) mass is 386 g/mol. The molecule has 28 heavy (non-hydrogen) atoms. The number of likely N-dealkylation sites (tertiary alicyclic amines) is 1. The molecule has 0 radical (unpaired) electrons. The molecule has 2 N–H and O–H groups in total. The van der Waals surface area contributed by atoms with Crippen molar-refractivity contribution in [1.82, 2.24) is 15.5 Å². The van der Waals surface area contributed by atoms with Crippen LogP contribution in [0.3, 0.4) is 0 Å². The molecule has 0 amide bonds. The van der Waals surface area contributed by atoms with Gasteiger partial charge in [-0.3, -0.25) is 9.89 Å². The highest BCUT2D eigenvalue weighted by Crippen LogP contribution is 2.34. The topological polar surface area (TPSA) is 48.9 Å². The van der Waals surface area contributed by atoms with E-state index in [0.29, 0.717) is 5.92 Å². The predicted octanol–water partition coefficient (Wildman–Crippen LogP) is 3.58. The molecule has 0 spiro atoms. The van der Waals surface area contributed by atoms with Crippen LogP contribution in [0.15, 0.2) is 35.3 Å². The van der Waals surface area contributed by atoms with Gasteiger partial charge < -0.3 is 15.4 Å². The highest BCUT2D eigenvalue weighted by molar-refractivity contribution is 5.79. The Hall–Kier alpha value is -1.59.